The van der Waals surface area contributed by atoms with E-state index in [9.17, 15) is 14.7 Å². The number of likely N-dealkylation sites (N-methyl/N-ethyl adjacent to an activating group) is 1. The van der Waals surface area contributed by atoms with Gasteiger partial charge in [0, 0.05) is 26.2 Å². The summed E-state index contributed by atoms with van der Waals surface area (Å²) in [6.45, 7) is 0.813. The molecule has 0 spiro atoms. The Morgan fingerprint density at radius 2 is 1.79 bits per heavy atom. The zero-order valence-corrected chi connectivity index (χ0v) is 17.1. The van der Waals surface area contributed by atoms with Gasteiger partial charge in [-0.1, -0.05) is 41.7 Å². The number of aromatic nitrogens is 1. The number of hydrogen-bond acceptors (Lipinski definition) is 5. The molecular weight excluding hydrogens is 390 g/mol. The highest BCUT2D eigenvalue weighted by atomic mass is 32.1. The topological polar surface area (TPSA) is 85.9 Å². The van der Waals surface area contributed by atoms with Crippen molar-refractivity contribution in [1.29, 1.82) is 0 Å². The number of urea groups is 1. The molecule has 152 valence electrons. The first-order valence-electron chi connectivity index (χ1n) is 9.10. The average Bonchev–Trinajstić information content (AvgIpc) is 3.05. The van der Waals surface area contributed by atoms with Gasteiger partial charge in [0.1, 0.15) is 12.4 Å². The molecule has 0 bridgehead atoms. The number of benzene rings is 2. The first kappa shape index (κ1) is 20.5. The van der Waals surface area contributed by atoms with Gasteiger partial charge < -0.3 is 14.7 Å². The minimum absolute atomic E-state index is 0.0755. The number of H-pyrrole nitrogens is 1. The standard InChI is InChI=1S/C21H23N3O4S/c1-23(21(27)24(2)16-6-4-3-5-7-16)12-13-28-17-10-8-15(9-11-17)14-18-19(25)22-20(26)29-18/h3-11,25H,12-14H2,1-2H3,(H,22,26). The van der Waals surface area contributed by atoms with Crippen LogP contribution in [0.1, 0.15) is 10.4 Å². The third-order valence-corrected chi connectivity index (χ3v) is 5.31. The van der Waals surface area contributed by atoms with Crippen LogP contribution < -0.4 is 14.5 Å². The summed E-state index contributed by atoms with van der Waals surface area (Å²) >= 11 is 1.000. The number of nitrogens with zero attached hydrogens (tertiary/aromatic N) is 2. The van der Waals surface area contributed by atoms with Gasteiger partial charge in [-0.2, -0.15) is 0 Å². The van der Waals surface area contributed by atoms with Crippen LogP contribution in [0.2, 0.25) is 0 Å². The lowest BCUT2D eigenvalue weighted by molar-refractivity contribution is 0.202. The van der Waals surface area contributed by atoms with Crippen molar-refractivity contribution < 1.29 is 14.6 Å². The van der Waals surface area contributed by atoms with Crippen molar-refractivity contribution in [2.75, 3.05) is 32.1 Å². The number of carbonyl (C=O) groups is 1. The maximum Gasteiger partial charge on any atom is 0.324 e. The molecule has 0 radical (unpaired) electrons. The number of aromatic hydroxyl groups is 1. The number of thiazole rings is 1. The van der Waals surface area contributed by atoms with Crippen molar-refractivity contribution in [1.82, 2.24) is 9.88 Å². The molecule has 2 amide bonds. The summed E-state index contributed by atoms with van der Waals surface area (Å²) < 4.78 is 5.73. The predicted octanol–water partition coefficient (Wildman–Crippen LogP) is 3.30. The molecule has 2 aromatic carbocycles. The molecule has 1 heterocycles. The van der Waals surface area contributed by atoms with Crippen LogP contribution in [0.5, 0.6) is 11.6 Å². The fraction of sp³-hybridized carbons (Fsp3) is 0.238. The zero-order valence-electron chi connectivity index (χ0n) is 16.3. The van der Waals surface area contributed by atoms with Crippen LogP contribution >= 0.6 is 11.3 Å². The molecule has 0 aliphatic carbocycles. The lowest BCUT2D eigenvalue weighted by Crippen LogP contribution is -2.40. The number of amides is 2. The molecule has 3 rings (SSSR count). The first-order valence-corrected chi connectivity index (χ1v) is 9.92. The summed E-state index contributed by atoms with van der Waals surface area (Å²) in [5.74, 6) is 0.617. The van der Waals surface area contributed by atoms with E-state index in [4.69, 9.17) is 4.74 Å². The number of anilines is 1. The normalized spacial score (nSPS) is 10.6. The Hall–Kier alpha value is -3.26. The van der Waals surface area contributed by atoms with Gasteiger partial charge >= 0.3 is 10.9 Å². The first-order chi connectivity index (χ1) is 13.9. The minimum atomic E-state index is -0.269. The summed E-state index contributed by atoms with van der Waals surface area (Å²) in [5.41, 5.74) is 1.79. The molecule has 1 aromatic heterocycles. The van der Waals surface area contributed by atoms with Crippen molar-refractivity contribution in [3.05, 3.63) is 74.7 Å². The van der Waals surface area contributed by atoms with E-state index in [1.807, 2.05) is 54.6 Å². The van der Waals surface area contributed by atoms with E-state index in [1.165, 1.54) is 0 Å². The molecule has 29 heavy (non-hydrogen) atoms. The molecule has 8 heteroatoms. The van der Waals surface area contributed by atoms with Crippen LogP contribution in [0.25, 0.3) is 0 Å². The third kappa shape index (κ3) is 5.39. The SMILES string of the molecule is CN(CCOc1ccc(Cc2sc(=O)[nH]c2O)cc1)C(=O)N(C)c1ccccc1. The molecule has 0 saturated carbocycles. The molecule has 0 saturated heterocycles. The smallest absolute Gasteiger partial charge is 0.324 e. The predicted molar refractivity (Wildman–Crippen MR) is 114 cm³/mol. The maximum atomic E-state index is 12.5. The van der Waals surface area contributed by atoms with E-state index >= 15 is 0 Å². The van der Waals surface area contributed by atoms with Crippen LogP contribution in [0, 0.1) is 0 Å². The van der Waals surface area contributed by atoms with Gasteiger partial charge in [-0.15, -0.1) is 0 Å². The summed E-state index contributed by atoms with van der Waals surface area (Å²) in [5, 5.41) is 9.67. The fourth-order valence-corrected chi connectivity index (χ4v) is 3.53. The van der Waals surface area contributed by atoms with E-state index < -0.39 is 0 Å². The Kier molecular flexibility index (Phi) is 6.56. The van der Waals surface area contributed by atoms with E-state index in [1.54, 1.807) is 23.9 Å². The van der Waals surface area contributed by atoms with Gasteiger partial charge in [-0.3, -0.25) is 14.7 Å². The highest BCUT2D eigenvalue weighted by Gasteiger charge is 2.15. The van der Waals surface area contributed by atoms with Crippen molar-refractivity contribution in [3.8, 4) is 11.6 Å². The number of para-hydroxylation sites is 1. The number of rotatable bonds is 7. The molecule has 2 N–H and O–H groups in total. The number of hydrogen-bond donors (Lipinski definition) is 2. The van der Waals surface area contributed by atoms with Crippen molar-refractivity contribution in [2.45, 2.75) is 6.42 Å². The lowest BCUT2D eigenvalue weighted by atomic mass is 10.1. The van der Waals surface area contributed by atoms with Crippen LogP contribution in [0.15, 0.2) is 59.4 Å². The lowest BCUT2D eigenvalue weighted by Gasteiger charge is -2.25. The summed E-state index contributed by atoms with van der Waals surface area (Å²) in [4.78, 5) is 29.6. The number of carbonyl (C=O) groups excluding carboxylic acids is 1. The maximum absolute atomic E-state index is 12.5. The van der Waals surface area contributed by atoms with E-state index in [2.05, 4.69) is 4.98 Å². The Labute approximate surface area is 172 Å². The van der Waals surface area contributed by atoms with E-state index in [0.29, 0.717) is 30.2 Å². The highest BCUT2D eigenvalue weighted by Crippen LogP contribution is 2.21. The summed E-state index contributed by atoms with van der Waals surface area (Å²) in [7, 11) is 3.48. The Morgan fingerprint density at radius 1 is 1.10 bits per heavy atom. The summed E-state index contributed by atoms with van der Waals surface area (Å²) in [6, 6.07) is 16.8. The fourth-order valence-electron chi connectivity index (χ4n) is 2.78. The molecule has 7 nitrogen and oxygen atoms in total. The number of nitrogens with one attached hydrogen (secondary N) is 1. The Balaban J connectivity index is 1.48. The number of ether oxygens (including phenoxy) is 1. The van der Waals surface area contributed by atoms with Gasteiger partial charge in [-0.05, 0) is 29.8 Å². The molecule has 0 atom stereocenters. The van der Waals surface area contributed by atoms with Crippen LogP contribution in [-0.2, 0) is 6.42 Å². The minimum Gasteiger partial charge on any atom is -0.494 e. The van der Waals surface area contributed by atoms with E-state index in [0.717, 1.165) is 22.6 Å². The molecule has 0 fully saturated rings. The van der Waals surface area contributed by atoms with Crippen LogP contribution in [0.4, 0.5) is 10.5 Å². The van der Waals surface area contributed by atoms with Crippen LogP contribution in [-0.4, -0.2) is 48.3 Å². The second kappa shape index (κ2) is 9.29. The number of aromatic amines is 1. The average molecular weight is 413 g/mol. The van der Waals surface area contributed by atoms with E-state index in [-0.39, 0.29) is 16.8 Å². The van der Waals surface area contributed by atoms with Gasteiger partial charge in [-0.25, -0.2) is 4.79 Å². The van der Waals surface area contributed by atoms with Crippen molar-refractivity contribution in [2.24, 2.45) is 0 Å². The highest BCUT2D eigenvalue weighted by molar-refractivity contribution is 7.09. The van der Waals surface area contributed by atoms with Gasteiger partial charge in [0.15, 0.2) is 0 Å². The quantitative estimate of drug-likeness (QED) is 0.622. The van der Waals surface area contributed by atoms with Crippen molar-refractivity contribution in [3.63, 3.8) is 0 Å². The summed E-state index contributed by atoms with van der Waals surface area (Å²) in [6.07, 6.45) is 0.471. The van der Waals surface area contributed by atoms with Gasteiger partial charge in [0.2, 0.25) is 5.88 Å². The monoisotopic (exact) mass is 413 g/mol. The third-order valence-electron chi connectivity index (χ3n) is 4.44. The molecule has 0 aliphatic heterocycles. The van der Waals surface area contributed by atoms with Crippen LogP contribution in [0.3, 0.4) is 0 Å². The van der Waals surface area contributed by atoms with Crippen molar-refractivity contribution >= 4 is 23.1 Å². The molecular formula is C21H23N3O4S. The second-order valence-electron chi connectivity index (χ2n) is 6.55. The molecule has 0 unspecified atom stereocenters. The second-order valence-corrected chi connectivity index (χ2v) is 7.62. The van der Waals surface area contributed by atoms with Gasteiger partial charge in [0.05, 0.1) is 11.4 Å². The Bertz CT molecular complexity index is 999. The zero-order chi connectivity index (χ0) is 20.8. The Morgan fingerprint density at radius 3 is 2.41 bits per heavy atom. The molecule has 0 aliphatic rings. The van der Waals surface area contributed by atoms with Gasteiger partial charge in [0.25, 0.3) is 0 Å². The molecule has 3 aromatic rings. The largest absolute Gasteiger partial charge is 0.494 e.